The number of pyridine rings is 3. The molecule has 0 saturated carbocycles. The van der Waals surface area contributed by atoms with Crippen LogP contribution in [0.2, 0.25) is 0 Å². The van der Waals surface area contributed by atoms with Gasteiger partial charge in [-0.1, -0.05) is 152 Å². The molecule has 0 atom stereocenters. The number of nitrogens with zero attached hydrogens (tertiary/aromatic N) is 3. The highest BCUT2D eigenvalue weighted by atomic mass is 14.9. The van der Waals surface area contributed by atoms with Crippen LogP contribution < -0.4 is 13.7 Å². The Balaban J connectivity index is 1.06. The minimum Gasteiger partial charge on any atom is -0.201 e. The van der Waals surface area contributed by atoms with Crippen molar-refractivity contribution in [2.75, 3.05) is 0 Å². The fraction of sp³-hybridized carbons (Fsp3) is 0.0921. The molecule has 0 bridgehead atoms. The van der Waals surface area contributed by atoms with Crippen LogP contribution >= 0.6 is 0 Å². The summed E-state index contributed by atoms with van der Waals surface area (Å²) in [4.78, 5) is 0. The third kappa shape index (κ3) is 9.93. The van der Waals surface area contributed by atoms with E-state index in [4.69, 9.17) is 0 Å². The predicted octanol–water partition coefficient (Wildman–Crippen LogP) is 17.7. The van der Waals surface area contributed by atoms with Crippen LogP contribution in [0.15, 0.2) is 261 Å². The van der Waals surface area contributed by atoms with Crippen LogP contribution in [0.4, 0.5) is 0 Å². The van der Waals surface area contributed by atoms with E-state index in [9.17, 15) is 0 Å². The molecule has 0 N–H and O–H groups in total. The molecule has 0 fully saturated rings. The first-order chi connectivity index (χ1) is 38.6. The van der Waals surface area contributed by atoms with E-state index in [2.05, 4.69) is 324 Å². The molecule has 3 nitrogen and oxygen atoms in total. The minimum absolute atomic E-state index is 1.15. The highest BCUT2D eigenvalue weighted by molar-refractivity contribution is 5.98. The van der Waals surface area contributed by atoms with Crippen molar-refractivity contribution < 1.29 is 13.7 Å². The molecule has 0 aliphatic heterocycles. The number of hydrogen-bond acceptors (Lipinski definition) is 0. The molecule has 9 aromatic carbocycles. The van der Waals surface area contributed by atoms with E-state index in [0.29, 0.717) is 0 Å². The van der Waals surface area contributed by atoms with E-state index in [0.717, 1.165) is 16.7 Å². The maximum Gasteiger partial charge on any atom is 0.212 e. The van der Waals surface area contributed by atoms with Crippen molar-refractivity contribution in [2.45, 2.75) is 27.7 Å². The first kappa shape index (κ1) is 50.3. The molecule has 0 aliphatic rings. The molecule has 0 aliphatic carbocycles. The Morgan fingerprint density at radius 3 is 1.09 bits per heavy atom. The van der Waals surface area contributed by atoms with Gasteiger partial charge in [0.05, 0.1) is 0 Å². The summed E-state index contributed by atoms with van der Waals surface area (Å²) in [6, 6.07) is 90.0. The van der Waals surface area contributed by atoms with Gasteiger partial charge in [-0.05, 0) is 194 Å². The predicted molar refractivity (Wildman–Crippen MR) is 329 cm³/mol. The molecular weight excluding hydrogens is 955 g/mol. The zero-order valence-electron chi connectivity index (χ0n) is 46.2. The zero-order chi connectivity index (χ0) is 54.1. The van der Waals surface area contributed by atoms with Crippen LogP contribution in [0.25, 0.3) is 123 Å². The van der Waals surface area contributed by atoms with Gasteiger partial charge in [0, 0.05) is 52.6 Å². The fourth-order valence-corrected chi connectivity index (χ4v) is 11.8. The monoisotopic (exact) mass is 1020 g/mol. The lowest BCUT2D eigenvalue weighted by Gasteiger charge is -2.20. The zero-order valence-corrected chi connectivity index (χ0v) is 46.2. The van der Waals surface area contributed by atoms with Crippen LogP contribution in [-0.4, -0.2) is 0 Å². The van der Waals surface area contributed by atoms with Crippen LogP contribution in [-0.2, 0) is 21.1 Å². The normalized spacial score (nSPS) is 11.2. The summed E-state index contributed by atoms with van der Waals surface area (Å²) >= 11 is 0. The Morgan fingerprint density at radius 2 is 0.608 bits per heavy atom. The molecule has 0 saturated heterocycles. The van der Waals surface area contributed by atoms with E-state index in [-0.39, 0.29) is 0 Å². The second-order valence-corrected chi connectivity index (χ2v) is 21.2. The lowest BCUT2D eigenvalue weighted by atomic mass is 9.83. The molecule has 12 rings (SSSR count). The van der Waals surface area contributed by atoms with Gasteiger partial charge in [0.15, 0.2) is 18.6 Å². The third-order valence-corrected chi connectivity index (χ3v) is 15.9. The molecule has 0 radical (unpaired) electrons. The Hall–Kier alpha value is -9.57. The van der Waals surface area contributed by atoms with E-state index in [1.165, 1.54) is 128 Å². The smallest absolute Gasteiger partial charge is 0.201 e. The lowest BCUT2D eigenvalue weighted by molar-refractivity contribution is -0.660. The van der Waals surface area contributed by atoms with Crippen molar-refractivity contribution in [3.63, 3.8) is 0 Å². The van der Waals surface area contributed by atoms with Crippen LogP contribution in [0.3, 0.4) is 0 Å². The first-order valence-corrected chi connectivity index (χ1v) is 27.4. The molecule has 3 heterocycles. The second kappa shape index (κ2) is 21.5. The Labute approximate surface area is 466 Å². The summed E-state index contributed by atoms with van der Waals surface area (Å²) in [5.74, 6) is 0. The third-order valence-electron chi connectivity index (χ3n) is 15.9. The molecule has 3 aromatic heterocycles. The van der Waals surface area contributed by atoms with Gasteiger partial charge in [-0.15, -0.1) is 0 Å². The van der Waals surface area contributed by atoms with Crippen LogP contribution in [0.1, 0.15) is 22.3 Å². The molecule has 0 spiro atoms. The van der Waals surface area contributed by atoms with Gasteiger partial charge in [0.25, 0.3) is 0 Å². The van der Waals surface area contributed by atoms with Crippen molar-refractivity contribution in [2.24, 2.45) is 21.1 Å². The van der Waals surface area contributed by atoms with E-state index >= 15 is 0 Å². The Kier molecular flexibility index (Phi) is 13.6. The summed E-state index contributed by atoms with van der Waals surface area (Å²) in [6.07, 6.45) is 6.45. The SMILES string of the molecule is Cc1ccc(-c2cc(-c3ccc(-c4ccccc4)cc3)c(-c3ccccc3-c3cc(-c4ccccc4-c4ccc(-c5cccc[n+]5C)c(C)c4)cc(-c4ccccc4-c4ccc(-c5cccc[n+]5C)c(C)c4)c3)cc2C)[n+](C)c1. The number of hydrogen-bond donors (Lipinski definition) is 0. The number of aryl methyl sites for hydroxylation is 7. The van der Waals surface area contributed by atoms with Gasteiger partial charge in [0.2, 0.25) is 17.1 Å². The minimum atomic E-state index is 1.15. The van der Waals surface area contributed by atoms with Crippen molar-refractivity contribution in [1.29, 1.82) is 0 Å². The van der Waals surface area contributed by atoms with Crippen LogP contribution in [0.5, 0.6) is 0 Å². The molecule has 3 heteroatoms. The fourth-order valence-electron chi connectivity index (χ4n) is 11.8. The standard InChI is InChI=1S/C76H64N3/c1-51-31-40-76(79(7)50-51)71-49-72(57-34-32-56(33-35-57)55-21-9-8-10-22-55)73(45-54(71)4)70-28-16-15-27-69(70)62-47-60(67-25-13-11-23-65(67)58-36-38-63(52(2)43-58)74-29-17-19-41-77(74)5)46-61(48-62)68-26-14-12-24-66(68)59-37-39-64(53(3)44-59)75-30-18-20-42-78(75)6/h8-50H,1-7H3/q+3. The van der Waals surface area contributed by atoms with Gasteiger partial charge in [0.1, 0.15) is 21.1 Å². The van der Waals surface area contributed by atoms with Gasteiger partial charge in [-0.3, -0.25) is 0 Å². The molecule has 0 amide bonds. The number of aromatic nitrogens is 3. The molecule has 79 heavy (non-hydrogen) atoms. The topological polar surface area (TPSA) is 11.6 Å². The summed E-state index contributed by atoms with van der Waals surface area (Å²) in [7, 11) is 6.39. The highest BCUT2D eigenvalue weighted by Gasteiger charge is 2.23. The quantitative estimate of drug-likeness (QED) is 0.114. The average Bonchev–Trinajstić information content (AvgIpc) is 3.58. The number of rotatable bonds is 11. The van der Waals surface area contributed by atoms with Crippen molar-refractivity contribution in [1.82, 2.24) is 0 Å². The van der Waals surface area contributed by atoms with E-state index in [1.807, 2.05) is 0 Å². The summed E-state index contributed by atoms with van der Waals surface area (Å²) in [5.41, 5.74) is 31.0. The maximum atomic E-state index is 2.43. The van der Waals surface area contributed by atoms with Gasteiger partial charge in [-0.25, -0.2) is 13.7 Å². The van der Waals surface area contributed by atoms with Crippen molar-refractivity contribution in [3.8, 4) is 123 Å². The van der Waals surface area contributed by atoms with Gasteiger partial charge < -0.3 is 0 Å². The number of benzene rings is 9. The van der Waals surface area contributed by atoms with Crippen LogP contribution in [0, 0.1) is 27.7 Å². The Morgan fingerprint density at radius 1 is 0.215 bits per heavy atom. The highest BCUT2D eigenvalue weighted by Crippen LogP contribution is 2.46. The Bertz CT molecular complexity index is 4100. The molecule has 0 unspecified atom stereocenters. The maximum absolute atomic E-state index is 2.43. The molecule has 12 aromatic rings. The van der Waals surface area contributed by atoms with E-state index in [1.54, 1.807) is 0 Å². The largest absolute Gasteiger partial charge is 0.212 e. The first-order valence-electron chi connectivity index (χ1n) is 27.4. The molecular formula is C76H64N3+3. The van der Waals surface area contributed by atoms with Crippen molar-refractivity contribution in [3.05, 3.63) is 283 Å². The summed E-state index contributed by atoms with van der Waals surface area (Å²) < 4.78 is 6.65. The molecule has 380 valence electrons. The van der Waals surface area contributed by atoms with Crippen molar-refractivity contribution >= 4 is 0 Å². The average molecular weight is 1020 g/mol. The summed E-state index contributed by atoms with van der Waals surface area (Å²) in [5, 5.41) is 0. The van der Waals surface area contributed by atoms with Gasteiger partial charge >= 0.3 is 0 Å². The van der Waals surface area contributed by atoms with Gasteiger partial charge in [-0.2, -0.15) is 0 Å². The second-order valence-electron chi connectivity index (χ2n) is 21.2. The summed E-state index contributed by atoms with van der Waals surface area (Å²) in [6.45, 7) is 8.88. The van der Waals surface area contributed by atoms with E-state index < -0.39 is 0 Å². The lowest BCUT2D eigenvalue weighted by Crippen LogP contribution is -2.31.